The maximum absolute atomic E-state index is 13.0. The van der Waals surface area contributed by atoms with Gasteiger partial charge in [-0.05, 0) is 83.0 Å². The summed E-state index contributed by atoms with van der Waals surface area (Å²) in [5.41, 5.74) is 5.81. The monoisotopic (exact) mass is 596 g/mol. The Balaban J connectivity index is 1.58. The number of hydrogen-bond acceptors (Lipinski definition) is 10. The average molecular weight is 597 g/mol. The molecule has 1 unspecified atom stereocenters. The second kappa shape index (κ2) is 12.5. The van der Waals surface area contributed by atoms with E-state index < -0.39 is 47.8 Å². The van der Waals surface area contributed by atoms with Crippen LogP contribution in [0.1, 0.15) is 49.2 Å². The molecule has 12 heteroatoms. The molecule has 0 aliphatic carbocycles. The highest BCUT2D eigenvalue weighted by atomic mass is 16.7. The van der Waals surface area contributed by atoms with Crippen molar-refractivity contribution in [2.24, 2.45) is 5.73 Å². The third kappa shape index (κ3) is 6.82. The fourth-order valence-corrected chi connectivity index (χ4v) is 4.99. The molecule has 0 bridgehead atoms. The molecule has 1 aromatic heterocycles. The lowest BCUT2D eigenvalue weighted by Gasteiger charge is -2.47. The van der Waals surface area contributed by atoms with Gasteiger partial charge in [0.1, 0.15) is 28.9 Å². The Kier molecular flexibility index (Phi) is 9.14. The quantitative estimate of drug-likeness (QED) is 0.220. The van der Waals surface area contributed by atoms with Gasteiger partial charge >= 0.3 is 11.7 Å². The summed E-state index contributed by atoms with van der Waals surface area (Å²) in [7, 11) is 1.39. The molecule has 2 amide bonds. The molecule has 4 atom stereocenters. The molecule has 1 fully saturated rings. The van der Waals surface area contributed by atoms with Crippen molar-refractivity contribution in [1.82, 2.24) is 0 Å². The number of hydrogen-bond donors (Lipinski definition) is 4. The summed E-state index contributed by atoms with van der Waals surface area (Å²) in [6, 6.07) is 9.15. The number of primary amides is 1. The summed E-state index contributed by atoms with van der Waals surface area (Å²) in [5, 5.41) is 24.2. The van der Waals surface area contributed by atoms with Crippen LogP contribution >= 0.6 is 0 Å². The number of benzene rings is 2. The van der Waals surface area contributed by atoms with Crippen molar-refractivity contribution in [1.29, 1.82) is 0 Å². The molecule has 0 spiro atoms. The highest BCUT2D eigenvalue weighted by molar-refractivity contribution is 6.05. The Hall–Kier alpha value is -4.39. The number of anilines is 1. The number of fused-ring (bicyclic) bond motifs is 1. The maximum Gasteiger partial charge on any atom is 0.404 e. The van der Waals surface area contributed by atoms with E-state index in [1.54, 1.807) is 39.0 Å². The van der Waals surface area contributed by atoms with E-state index in [0.29, 0.717) is 22.9 Å². The van der Waals surface area contributed by atoms with E-state index in [1.807, 2.05) is 19.9 Å². The molecule has 43 heavy (non-hydrogen) atoms. The van der Waals surface area contributed by atoms with E-state index >= 15 is 0 Å². The van der Waals surface area contributed by atoms with Gasteiger partial charge < -0.3 is 44.6 Å². The van der Waals surface area contributed by atoms with Crippen LogP contribution in [-0.2, 0) is 20.6 Å². The lowest BCUT2D eigenvalue weighted by atomic mass is 9.89. The predicted molar refractivity (Wildman–Crippen MR) is 157 cm³/mol. The second-order valence-electron chi connectivity index (χ2n) is 11.1. The van der Waals surface area contributed by atoms with E-state index in [0.717, 1.165) is 5.57 Å². The minimum atomic E-state index is -1.47. The molecule has 1 aliphatic rings. The van der Waals surface area contributed by atoms with E-state index in [9.17, 15) is 24.6 Å². The number of aliphatic hydroxyl groups is 1. The Labute approximate surface area is 248 Å². The SMILES string of the molecule is CO[C@@H]1C(OC(N)=O)[C@H](O)[C@H](Oc2ccc3cc(NC(=O)c4ccc(O)c(CC=C(C)C)c4)c(=O)oc3c2C)OC1(C)C. The van der Waals surface area contributed by atoms with Gasteiger partial charge in [0.15, 0.2) is 12.2 Å². The van der Waals surface area contributed by atoms with E-state index in [1.165, 1.54) is 25.3 Å². The fraction of sp³-hybridized carbons (Fsp3) is 0.387. The Morgan fingerprint density at radius 3 is 2.53 bits per heavy atom. The highest BCUT2D eigenvalue weighted by Gasteiger charge is 2.53. The van der Waals surface area contributed by atoms with Crippen molar-refractivity contribution in [2.75, 3.05) is 12.4 Å². The maximum atomic E-state index is 13.0. The Bertz CT molecular complexity index is 1620. The summed E-state index contributed by atoms with van der Waals surface area (Å²) in [5.74, 6) is -0.249. The van der Waals surface area contributed by atoms with Crippen molar-refractivity contribution in [3.63, 3.8) is 0 Å². The number of ether oxygens (including phenoxy) is 4. The summed E-state index contributed by atoms with van der Waals surface area (Å²) >= 11 is 0. The van der Waals surface area contributed by atoms with Crippen molar-refractivity contribution in [3.05, 3.63) is 75.2 Å². The second-order valence-corrected chi connectivity index (χ2v) is 11.1. The van der Waals surface area contributed by atoms with Gasteiger partial charge in [-0.25, -0.2) is 9.59 Å². The minimum absolute atomic E-state index is 0.0666. The lowest BCUT2D eigenvalue weighted by Crippen LogP contribution is -2.65. The first kappa shape index (κ1) is 31.5. The summed E-state index contributed by atoms with van der Waals surface area (Å²) in [6.07, 6.45) is -3.50. The molecule has 1 saturated heterocycles. The number of aryl methyl sites for hydroxylation is 1. The third-order valence-electron chi connectivity index (χ3n) is 7.19. The number of aliphatic hydroxyl groups excluding tert-OH is 1. The molecule has 1 aliphatic heterocycles. The smallest absolute Gasteiger partial charge is 0.404 e. The van der Waals surface area contributed by atoms with Crippen LogP contribution in [0, 0.1) is 6.92 Å². The van der Waals surface area contributed by atoms with Gasteiger partial charge in [-0.2, -0.15) is 0 Å². The molecular weight excluding hydrogens is 560 g/mol. The van der Waals surface area contributed by atoms with Crippen LogP contribution in [0.4, 0.5) is 10.5 Å². The molecule has 4 rings (SSSR count). The fourth-order valence-electron chi connectivity index (χ4n) is 4.99. The van der Waals surface area contributed by atoms with E-state index in [2.05, 4.69) is 5.32 Å². The Morgan fingerprint density at radius 1 is 1.16 bits per heavy atom. The number of nitrogens with two attached hydrogens (primary N) is 1. The number of methoxy groups -OCH3 is 1. The molecule has 5 N–H and O–H groups in total. The van der Waals surface area contributed by atoms with Crippen LogP contribution in [0.2, 0.25) is 0 Å². The largest absolute Gasteiger partial charge is 0.508 e. The normalized spacial score (nSPS) is 21.2. The molecule has 2 aromatic carbocycles. The zero-order chi connectivity index (χ0) is 31.6. The Morgan fingerprint density at radius 2 is 1.88 bits per heavy atom. The number of rotatable bonds is 8. The van der Waals surface area contributed by atoms with Crippen LogP contribution in [0.15, 0.2) is 57.3 Å². The van der Waals surface area contributed by atoms with Crippen LogP contribution in [-0.4, -0.2) is 59.5 Å². The van der Waals surface area contributed by atoms with Gasteiger partial charge in [-0.3, -0.25) is 4.79 Å². The van der Waals surface area contributed by atoms with Gasteiger partial charge in [-0.15, -0.1) is 0 Å². The molecule has 2 heterocycles. The zero-order valence-corrected chi connectivity index (χ0v) is 24.8. The average Bonchev–Trinajstić information content (AvgIpc) is 2.92. The number of phenols is 1. The molecule has 0 radical (unpaired) electrons. The molecule has 3 aromatic rings. The predicted octanol–water partition coefficient (Wildman–Crippen LogP) is 3.92. The van der Waals surface area contributed by atoms with Crippen molar-refractivity contribution in [3.8, 4) is 11.5 Å². The number of nitrogens with one attached hydrogen (secondary N) is 1. The first-order chi connectivity index (χ1) is 20.2. The lowest BCUT2D eigenvalue weighted by molar-refractivity contribution is -0.304. The number of phenolic OH excluding ortho intramolecular Hbond substituents is 1. The van der Waals surface area contributed by atoms with Gasteiger partial charge in [-0.1, -0.05) is 11.6 Å². The van der Waals surface area contributed by atoms with Gasteiger partial charge in [0.05, 0.1) is 5.60 Å². The highest BCUT2D eigenvalue weighted by Crippen LogP contribution is 2.36. The minimum Gasteiger partial charge on any atom is -0.508 e. The first-order valence-electron chi connectivity index (χ1n) is 13.6. The summed E-state index contributed by atoms with van der Waals surface area (Å²) < 4.78 is 28.0. The molecular formula is C31H36N2O10. The van der Waals surface area contributed by atoms with Gasteiger partial charge in [0.2, 0.25) is 6.29 Å². The summed E-state index contributed by atoms with van der Waals surface area (Å²) in [6.45, 7) is 8.89. The number of carbonyl (C=O) groups is 2. The molecule has 230 valence electrons. The van der Waals surface area contributed by atoms with Crippen LogP contribution in [0.3, 0.4) is 0 Å². The number of carbonyl (C=O) groups excluding carboxylic acids is 2. The molecule has 0 saturated carbocycles. The number of amides is 2. The van der Waals surface area contributed by atoms with Gasteiger partial charge in [0.25, 0.3) is 5.91 Å². The van der Waals surface area contributed by atoms with Crippen LogP contribution in [0.25, 0.3) is 11.0 Å². The zero-order valence-electron chi connectivity index (χ0n) is 24.8. The topological polar surface area (TPSA) is 180 Å². The van der Waals surface area contributed by atoms with E-state index in [-0.39, 0.29) is 28.3 Å². The van der Waals surface area contributed by atoms with Gasteiger partial charge in [0, 0.05) is 23.6 Å². The summed E-state index contributed by atoms with van der Waals surface area (Å²) in [4.78, 5) is 37.4. The van der Waals surface area contributed by atoms with Crippen LogP contribution < -0.4 is 21.4 Å². The van der Waals surface area contributed by atoms with Crippen molar-refractivity contribution >= 4 is 28.7 Å². The van der Waals surface area contributed by atoms with E-state index in [4.69, 9.17) is 29.1 Å². The van der Waals surface area contributed by atoms with Crippen molar-refractivity contribution in [2.45, 2.75) is 71.2 Å². The number of aromatic hydroxyl groups is 1. The van der Waals surface area contributed by atoms with Crippen LogP contribution in [0.5, 0.6) is 11.5 Å². The first-order valence-corrected chi connectivity index (χ1v) is 13.6. The third-order valence-corrected chi connectivity index (χ3v) is 7.19. The van der Waals surface area contributed by atoms with Crippen molar-refractivity contribution < 1.29 is 43.2 Å². The molecule has 12 nitrogen and oxygen atoms in total. The standard InChI is InChI=1S/C31H36N2O10/c1-15(2)7-8-17-13-19(9-11-21(17)34)27(36)33-20-14-18-10-12-22(16(3)24(18)41-28(20)37)40-29-23(35)25(42-30(32)38)26(39-6)31(4,5)43-29/h7,9-14,23,25-26,29,34-35H,8H2,1-6H3,(H2,32,38)(H,33,36)/t23-,25?,26+,29+/m0/s1. The number of allylic oxidation sites excluding steroid dienone is 2.